The minimum absolute atomic E-state index is 0.120. The Kier molecular flexibility index (Phi) is 4.97. The van der Waals surface area contributed by atoms with Crippen molar-refractivity contribution in [2.75, 3.05) is 6.54 Å². The van der Waals surface area contributed by atoms with E-state index in [9.17, 15) is 14.4 Å². The summed E-state index contributed by atoms with van der Waals surface area (Å²) in [5.74, 6) is -0.751. The maximum Gasteiger partial charge on any atom is 0.255 e. The summed E-state index contributed by atoms with van der Waals surface area (Å²) in [6.45, 7) is 4.44. The van der Waals surface area contributed by atoms with Gasteiger partial charge in [-0.25, -0.2) is 0 Å². The molecule has 1 unspecified atom stereocenters. The van der Waals surface area contributed by atoms with Gasteiger partial charge in [0.1, 0.15) is 6.04 Å². The lowest BCUT2D eigenvalue weighted by Gasteiger charge is -2.29. The van der Waals surface area contributed by atoms with Crippen LogP contribution in [-0.2, 0) is 22.7 Å². The molecular weight excluding hydrogens is 344 g/mol. The predicted octanol–water partition coefficient (Wildman–Crippen LogP) is 0.678. The molecule has 2 saturated heterocycles. The number of nitrogens with zero attached hydrogens (tertiary/aromatic N) is 1. The third-order valence-corrected chi connectivity index (χ3v) is 5.94. The molecule has 0 aromatic heterocycles. The van der Waals surface area contributed by atoms with Crippen LogP contribution in [0.15, 0.2) is 18.2 Å². The first-order valence-corrected chi connectivity index (χ1v) is 9.80. The Bertz CT molecular complexity index is 778. The molecule has 27 heavy (non-hydrogen) atoms. The van der Waals surface area contributed by atoms with Crippen LogP contribution in [-0.4, -0.2) is 47.3 Å². The van der Waals surface area contributed by atoms with Crippen molar-refractivity contribution in [3.05, 3.63) is 34.9 Å². The van der Waals surface area contributed by atoms with Crippen molar-refractivity contribution in [1.82, 2.24) is 20.9 Å². The largest absolute Gasteiger partial charge is 0.322 e. The van der Waals surface area contributed by atoms with Gasteiger partial charge < -0.3 is 15.5 Å². The molecule has 3 heterocycles. The average molecular weight is 370 g/mol. The molecule has 1 aromatic carbocycles. The van der Waals surface area contributed by atoms with E-state index in [1.165, 1.54) is 0 Å². The number of piperidine rings is 1. The fourth-order valence-electron chi connectivity index (χ4n) is 4.43. The summed E-state index contributed by atoms with van der Waals surface area (Å²) in [4.78, 5) is 37.8. The zero-order valence-corrected chi connectivity index (χ0v) is 15.6. The highest BCUT2D eigenvalue weighted by atomic mass is 16.2. The summed E-state index contributed by atoms with van der Waals surface area (Å²) < 4.78 is 0. The number of hydrogen-bond acceptors (Lipinski definition) is 5. The van der Waals surface area contributed by atoms with Crippen LogP contribution in [0.3, 0.4) is 0 Å². The van der Waals surface area contributed by atoms with Gasteiger partial charge in [0.15, 0.2) is 0 Å². The van der Waals surface area contributed by atoms with E-state index >= 15 is 0 Å². The van der Waals surface area contributed by atoms with Crippen LogP contribution in [0.1, 0.15) is 54.1 Å². The summed E-state index contributed by atoms with van der Waals surface area (Å²) in [6.07, 6.45) is 2.91. The van der Waals surface area contributed by atoms with E-state index in [-0.39, 0.29) is 24.1 Å². The third-order valence-electron chi connectivity index (χ3n) is 5.94. The quantitative estimate of drug-likeness (QED) is 0.663. The van der Waals surface area contributed by atoms with Gasteiger partial charge in [-0.05, 0) is 43.0 Å². The Morgan fingerprint density at radius 2 is 2.07 bits per heavy atom. The number of benzene rings is 1. The third kappa shape index (κ3) is 3.49. The van der Waals surface area contributed by atoms with Gasteiger partial charge in [-0.2, -0.15) is 0 Å². The van der Waals surface area contributed by atoms with Crippen molar-refractivity contribution in [3.8, 4) is 0 Å². The van der Waals surface area contributed by atoms with E-state index in [1.807, 2.05) is 12.1 Å². The molecule has 3 amide bonds. The molecule has 3 atom stereocenters. The summed E-state index contributed by atoms with van der Waals surface area (Å²) in [5, 5.41) is 9.48. The molecule has 144 valence electrons. The van der Waals surface area contributed by atoms with Gasteiger partial charge in [0.2, 0.25) is 11.8 Å². The number of carbonyl (C=O) groups excluding carboxylic acids is 3. The van der Waals surface area contributed by atoms with Crippen LogP contribution in [0.4, 0.5) is 0 Å². The fourth-order valence-corrected chi connectivity index (χ4v) is 4.43. The van der Waals surface area contributed by atoms with Crippen LogP contribution in [0, 0.1) is 0 Å². The molecule has 4 rings (SSSR count). The molecule has 2 fully saturated rings. The van der Waals surface area contributed by atoms with Gasteiger partial charge in [0.25, 0.3) is 5.91 Å². The van der Waals surface area contributed by atoms with Crippen LogP contribution >= 0.6 is 0 Å². The van der Waals surface area contributed by atoms with Gasteiger partial charge in [-0.15, -0.1) is 0 Å². The smallest absolute Gasteiger partial charge is 0.255 e. The average Bonchev–Trinajstić information content (AvgIpc) is 3.24. The Morgan fingerprint density at radius 3 is 2.85 bits per heavy atom. The lowest BCUT2D eigenvalue weighted by Crippen LogP contribution is -2.52. The summed E-state index contributed by atoms with van der Waals surface area (Å²) in [5.41, 5.74) is 2.77. The number of imide groups is 1. The van der Waals surface area contributed by atoms with Gasteiger partial charge >= 0.3 is 0 Å². The predicted molar refractivity (Wildman–Crippen MR) is 99.8 cm³/mol. The number of amides is 3. The normalized spacial score (nSPS) is 27.8. The molecule has 0 bridgehead atoms. The highest BCUT2D eigenvalue weighted by Crippen LogP contribution is 2.28. The zero-order chi connectivity index (χ0) is 19.0. The maximum absolute atomic E-state index is 12.7. The van der Waals surface area contributed by atoms with Crippen LogP contribution in [0.25, 0.3) is 0 Å². The Morgan fingerprint density at radius 1 is 1.22 bits per heavy atom. The SMILES string of the molecule is CC[C@@H]1NCC[C@H]1NCc1ccc2c(c1)CN(C1CCC(=O)NC1=O)C2=O. The highest BCUT2D eigenvalue weighted by molar-refractivity contribution is 6.05. The summed E-state index contributed by atoms with van der Waals surface area (Å²) >= 11 is 0. The van der Waals surface area contributed by atoms with Crippen LogP contribution < -0.4 is 16.0 Å². The molecule has 3 aliphatic rings. The molecule has 7 nitrogen and oxygen atoms in total. The molecule has 0 spiro atoms. The van der Waals surface area contributed by atoms with Crippen molar-refractivity contribution >= 4 is 17.7 Å². The second kappa shape index (κ2) is 7.40. The van der Waals surface area contributed by atoms with Crippen molar-refractivity contribution in [1.29, 1.82) is 0 Å². The van der Waals surface area contributed by atoms with Crippen molar-refractivity contribution in [2.45, 2.75) is 63.8 Å². The van der Waals surface area contributed by atoms with Crippen LogP contribution in [0.2, 0.25) is 0 Å². The Labute approximate surface area is 158 Å². The number of rotatable bonds is 5. The number of carbonyl (C=O) groups is 3. The van der Waals surface area contributed by atoms with Gasteiger partial charge in [0.05, 0.1) is 0 Å². The molecule has 0 saturated carbocycles. The van der Waals surface area contributed by atoms with Crippen LogP contribution in [0.5, 0.6) is 0 Å². The van der Waals surface area contributed by atoms with E-state index < -0.39 is 6.04 Å². The Balaban J connectivity index is 1.43. The van der Waals surface area contributed by atoms with E-state index in [1.54, 1.807) is 4.90 Å². The topological polar surface area (TPSA) is 90.5 Å². The second-order valence-electron chi connectivity index (χ2n) is 7.64. The van der Waals surface area contributed by atoms with E-state index in [4.69, 9.17) is 0 Å². The molecule has 3 N–H and O–H groups in total. The van der Waals surface area contributed by atoms with Gasteiger partial charge in [-0.3, -0.25) is 19.7 Å². The fraction of sp³-hybridized carbons (Fsp3) is 0.550. The molecule has 0 radical (unpaired) electrons. The lowest BCUT2D eigenvalue weighted by molar-refractivity contribution is -0.136. The minimum Gasteiger partial charge on any atom is -0.322 e. The van der Waals surface area contributed by atoms with E-state index in [0.717, 1.165) is 37.1 Å². The zero-order valence-electron chi connectivity index (χ0n) is 15.6. The van der Waals surface area contributed by atoms with E-state index in [0.29, 0.717) is 30.6 Å². The molecular formula is C20H26N4O3. The summed E-state index contributed by atoms with van der Waals surface area (Å²) in [6, 6.07) is 6.36. The second-order valence-corrected chi connectivity index (χ2v) is 7.64. The lowest BCUT2D eigenvalue weighted by atomic mass is 10.0. The van der Waals surface area contributed by atoms with Gasteiger partial charge in [0, 0.05) is 37.2 Å². The Hall–Kier alpha value is -2.25. The van der Waals surface area contributed by atoms with Crippen molar-refractivity contribution < 1.29 is 14.4 Å². The summed E-state index contributed by atoms with van der Waals surface area (Å²) in [7, 11) is 0. The number of nitrogens with one attached hydrogen (secondary N) is 3. The molecule has 3 aliphatic heterocycles. The first-order chi connectivity index (χ1) is 13.1. The number of fused-ring (bicyclic) bond motifs is 1. The minimum atomic E-state index is -0.556. The van der Waals surface area contributed by atoms with Gasteiger partial charge in [-0.1, -0.05) is 19.1 Å². The first kappa shape index (κ1) is 18.1. The molecule has 0 aliphatic carbocycles. The molecule has 1 aromatic rings. The van der Waals surface area contributed by atoms with E-state index in [2.05, 4.69) is 28.9 Å². The first-order valence-electron chi connectivity index (χ1n) is 9.80. The van der Waals surface area contributed by atoms with Crippen molar-refractivity contribution in [3.63, 3.8) is 0 Å². The maximum atomic E-state index is 12.7. The monoisotopic (exact) mass is 370 g/mol. The number of hydrogen-bond donors (Lipinski definition) is 3. The van der Waals surface area contributed by atoms with Crippen molar-refractivity contribution in [2.24, 2.45) is 0 Å². The highest BCUT2D eigenvalue weighted by Gasteiger charge is 2.39. The molecule has 7 heteroatoms. The standard InChI is InChI=1S/C20H26N4O3/c1-2-15-16(7-8-21-15)22-10-12-3-4-14-13(9-12)11-24(20(14)27)17-5-6-18(25)23-19(17)26/h3-4,9,15-17,21-22H,2,5-8,10-11H2,1H3,(H,23,25,26)/t15-,16+,17?/m0/s1.